The molecule has 4 nitrogen and oxygen atoms in total. The molecule has 1 N–H and O–H groups in total. The van der Waals surface area contributed by atoms with Gasteiger partial charge in [-0.05, 0) is 19.1 Å². The Labute approximate surface area is 95.6 Å². The van der Waals surface area contributed by atoms with Gasteiger partial charge in [0.2, 0.25) is 5.54 Å². The van der Waals surface area contributed by atoms with E-state index in [1.165, 1.54) is 0 Å². The van der Waals surface area contributed by atoms with E-state index in [-0.39, 0.29) is 6.54 Å². The topological polar surface area (TPSA) is 49.4 Å². The van der Waals surface area contributed by atoms with E-state index in [1.807, 2.05) is 0 Å². The Bertz CT molecular complexity index is 321. The average molecular weight is 256 g/mol. The molecule has 1 atom stereocenters. The molecule has 0 radical (unpaired) electrons. The van der Waals surface area contributed by atoms with Crippen molar-refractivity contribution in [3.05, 3.63) is 0 Å². The number of rotatable bonds is 3. The van der Waals surface area contributed by atoms with E-state index in [9.17, 15) is 22.8 Å². The Morgan fingerprint density at radius 1 is 1.44 bits per heavy atom. The second-order valence-electron chi connectivity index (χ2n) is 3.59. The molecule has 16 heavy (non-hydrogen) atoms. The highest BCUT2D eigenvalue weighted by molar-refractivity contribution is 7.80. The number of hydrogen-bond acceptors (Lipinski definition) is 3. The van der Waals surface area contributed by atoms with Crippen LogP contribution in [0.1, 0.15) is 13.3 Å². The van der Waals surface area contributed by atoms with Crippen LogP contribution in [0, 0.1) is 0 Å². The zero-order valence-electron chi connectivity index (χ0n) is 8.47. The standard InChI is InChI=1S/C8H11F3N2O2S/c1-7(8(9,10)11)5(14)13(3-2-4-16)6(15)12-7/h16H,2-4H2,1H3,(H,12,15). The fourth-order valence-corrected chi connectivity index (χ4v) is 1.46. The summed E-state index contributed by atoms with van der Waals surface area (Å²) in [5.74, 6) is -0.869. The molecule has 1 fully saturated rings. The first-order chi connectivity index (χ1) is 7.24. The van der Waals surface area contributed by atoms with Crippen molar-refractivity contribution in [2.24, 2.45) is 0 Å². The number of imide groups is 1. The molecule has 3 amide bonds. The summed E-state index contributed by atoms with van der Waals surface area (Å²) in [7, 11) is 0. The predicted octanol–water partition coefficient (Wildman–Crippen LogP) is 1.18. The van der Waals surface area contributed by atoms with Crippen molar-refractivity contribution < 1.29 is 22.8 Å². The van der Waals surface area contributed by atoms with Crippen LogP contribution in [0.2, 0.25) is 0 Å². The van der Waals surface area contributed by atoms with E-state index in [4.69, 9.17) is 0 Å². The smallest absolute Gasteiger partial charge is 0.316 e. The first-order valence-corrected chi connectivity index (χ1v) is 5.19. The van der Waals surface area contributed by atoms with Crippen LogP contribution in [0.4, 0.5) is 18.0 Å². The number of thiol groups is 1. The SMILES string of the molecule is CC1(C(F)(F)F)NC(=O)N(CCCS)C1=O. The maximum atomic E-state index is 12.6. The minimum Gasteiger partial charge on any atom is -0.316 e. The summed E-state index contributed by atoms with van der Waals surface area (Å²) in [4.78, 5) is 23.3. The first kappa shape index (κ1) is 13.1. The molecule has 1 aliphatic rings. The van der Waals surface area contributed by atoms with Gasteiger partial charge in [0.25, 0.3) is 5.91 Å². The lowest BCUT2D eigenvalue weighted by atomic mass is 10.0. The van der Waals surface area contributed by atoms with Crippen molar-refractivity contribution in [2.75, 3.05) is 12.3 Å². The monoisotopic (exact) mass is 256 g/mol. The van der Waals surface area contributed by atoms with Gasteiger partial charge in [0.15, 0.2) is 0 Å². The van der Waals surface area contributed by atoms with Crippen molar-refractivity contribution in [2.45, 2.75) is 25.1 Å². The molecule has 1 aliphatic heterocycles. The quantitative estimate of drug-likeness (QED) is 0.588. The number of nitrogens with zero attached hydrogens (tertiary/aromatic N) is 1. The Morgan fingerprint density at radius 3 is 2.38 bits per heavy atom. The first-order valence-electron chi connectivity index (χ1n) is 4.55. The van der Waals surface area contributed by atoms with E-state index in [0.717, 1.165) is 0 Å². The fourth-order valence-electron chi connectivity index (χ4n) is 1.32. The Kier molecular flexibility index (Phi) is 3.41. The van der Waals surface area contributed by atoms with Gasteiger partial charge in [-0.3, -0.25) is 9.69 Å². The summed E-state index contributed by atoms with van der Waals surface area (Å²) in [5, 5.41) is 1.67. The molecule has 0 spiro atoms. The van der Waals surface area contributed by atoms with Crippen LogP contribution in [-0.2, 0) is 4.79 Å². The maximum Gasteiger partial charge on any atom is 0.420 e. The maximum absolute atomic E-state index is 12.6. The molecule has 0 saturated carbocycles. The van der Waals surface area contributed by atoms with Gasteiger partial charge in [0, 0.05) is 6.54 Å². The number of hydrogen-bond donors (Lipinski definition) is 2. The molecular weight excluding hydrogens is 245 g/mol. The van der Waals surface area contributed by atoms with Gasteiger partial charge < -0.3 is 5.32 Å². The normalized spacial score (nSPS) is 26.2. The predicted molar refractivity (Wildman–Crippen MR) is 53.2 cm³/mol. The Balaban J connectivity index is 2.90. The van der Waals surface area contributed by atoms with Gasteiger partial charge >= 0.3 is 12.2 Å². The van der Waals surface area contributed by atoms with Gasteiger partial charge in [-0.15, -0.1) is 0 Å². The zero-order valence-corrected chi connectivity index (χ0v) is 9.36. The third-order valence-electron chi connectivity index (χ3n) is 2.38. The highest BCUT2D eigenvalue weighted by Crippen LogP contribution is 2.35. The van der Waals surface area contributed by atoms with Gasteiger partial charge in [0.1, 0.15) is 0 Å². The van der Waals surface area contributed by atoms with Crippen LogP contribution in [-0.4, -0.2) is 40.9 Å². The Hall–Kier alpha value is -0.920. The van der Waals surface area contributed by atoms with Crippen molar-refractivity contribution in [1.29, 1.82) is 0 Å². The van der Waals surface area contributed by atoms with Crippen molar-refractivity contribution in [1.82, 2.24) is 10.2 Å². The minimum absolute atomic E-state index is 0.0557. The molecule has 0 aromatic heterocycles. The summed E-state index contributed by atoms with van der Waals surface area (Å²) in [6.07, 6.45) is -4.44. The number of halogens is 3. The lowest BCUT2D eigenvalue weighted by molar-refractivity contribution is -0.191. The van der Waals surface area contributed by atoms with Crippen LogP contribution >= 0.6 is 12.6 Å². The number of amides is 3. The lowest BCUT2D eigenvalue weighted by Gasteiger charge is -2.24. The number of carbonyl (C=O) groups excluding carboxylic acids is 2. The highest BCUT2D eigenvalue weighted by Gasteiger charge is 2.64. The minimum atomic E-state index is -4.80. The largest absolute Gasteiger partial charge is 0.420 e. The third-order valence-corrected chi connectivity index (χ3v) is 2.70. The molecule has 8 heteroatoms. The molecule has 92 valence electrons. The zero-order chi connectivity index (χ0) is 12.6. The van der Waals surface area contributed by atoms with Crippen LogP contribution < -0.4 is 5.32 Å². The Morgan fingerprint density at radius 2 is 2.00 bits per heavy atom. The van der Waals surface area contributed by atoms with E-state index >= 15 is 0 Å². The van der Waals surface area contributed by atoms with Crippen LogP contribution in [0.15, 0.2) is 0 Å². The molecule has 0 aromatic carbocycles. The van der Waals surface area contributed by atoms with Gasteiger partial charge in [-0.25, -0.2) is 4.79 Å². The van der Waals surface area contributed by atoms with Gasteiger partial charge in [-0.1, -0.05) is 0 Å². The van der Waals surface area contributed by atoms with Gasteiger partial charge in [-0.2, -0.15) is 25.8 Å². The molecular formula is C8H11F3N2O2S. The number of carbonyl (C=O) groups is 2. The summed E-state index contributed by atoms with van der Waals surface area (Å²) >= 11 is 3.86. The second-order valence-corrected chi connectivity index (χ2v) is 4.03. The molecule has 1 heterocycles. The van der Waals surface area contributed by atoms with Crippen LogP contribution in [0.3, 0.4) is 0 Å². The van der Waals surface area contributed by atoms with Crippen LogP contribution in [0.25, 0.3) is 0 Å². The lowest BCUT2D eigenvalue weighted by Crippen LogP contribution is -2.56. The molecule has 1 saturated heterocycles. The molecule has 1 rings (SSSR count). The fraction of sp³-hybridized carbons (Fsp3) is 0.750. The van der Waals surface area contributed by atoms with E-state index in [2.05, 4.69) is 12.6 Å². The van der Waals surface area contributed by atoms with Crippen LogP contribution in [0.5, 0.6) is 0 Å². The van der Waals surface area contributed by atoms with Crippen molar-refractivity contribution in [3.8, 4) is 0 Å². The number of nitrogens with one attached hydrogen (secondary N) is 1. The van der Waals surface area contributed by atoms with E-state index < -0.39 is 23.7 Å². The molecule has 0 bridgehead atoms. The summed E-state index contributed by atoms with van der Waals surface area (Å²) < 4.78 is 37.8. The summed E-state index contributed by atoms with van der Waals surface area (Å²) in [5.41, 5.74) is -2.80. The summed E-state index contributed by atoms with van der Waals surface area (Å²) in [6, 6.07) is -1.01. The van der Waals surface area contributed by atoms with Crippen molar-refractivity contribution >= 4 is 24.6 Å². The van der Waals surface area contributed by atoms with Crippen molar-refractivity contribution in [3.63, 3.8) is 0 Å². The highest BCUT2D eigenvalue weighted by atomic mass is 32.1. The number of alkyl halides is 3. The third kappa shape index (κ3) is 1.98. The number of urea groups is 1. The summed E-state index contributed by atoms with van der Waals surface area (Å²) in [6.45, 7) is 0.605. The van der Waals surface area contributed by atoms with Gasteiger partial charge in [0.05, 0.1) is 0 Å². The molecule has 0 aromatic rings. The van der Waals surface area contributed by atoms with E-state index in [0.29, 0.717) is 24.0 Å². The second kappa shape index (κ2) is 4.15. The molecule has 0 aliphatic carbocycles. The van der Waals surface area contributed by atoms with E-state index in [1.54, 1.807) is 5.32 Å². The molecule has 1 unspecified atom stereocenters. The average Bonchev–Trinajstić information content (AvgIpc) is 2.36.